The summed E-state index contributed by atoms with van der Waals surface area (Å²) >= 11 is 11.8. The van der Waals surface area contributed by atoms with E-state index in [-0.39, 0.29) is 15.7 Å². The summed E-state index contributed by atoms with van der Waals surface area (Å²) in [5.41, 5.74) is 6.27. The zero-order valence-electron chi connectivity index (χ0n) is 11.9. The molecule has 0 unspecified atom stereocenters. The summed E-state index contributed by atoms with van der Waals surface area (Å²) in [7, 11) is 2.10. The summed E-state index contributed by atoms with van der Waals surface area (Å²) in [6.45, 7) is 5.15. The number of piperazine rings is 1. The van der Waals surface area contributed by atoms with Gasteiger partial charge in [-0.25, -0.2) is 4.79 Å². The predicted octanol–water partition coefficient (Wildman–Crippen LogP) is 1.98. The number of nitrogens with two attached hydrogens (primary N) is 1. The summed E-state index contributed by atoms with van der Waals surface area (Å²) in [5.74, 6) is -0.436. The number of ether oxygens (including phenoxy) is 1. The Morgan fingerprint density at radius 1 is 1.29 bits per heavy atom. The van der Waals surface area contributed by atoms with Gasteiger partial charge in [0.1, 0.15) is 6.61 Å². The van der Waals surface area contributed by atoms with Crippen molar-refractivity contribution in [2.45, 2.75) is 0 Å². The molecular formula is C14H19Cl2N3O2. The van der Waals surface area contributed by atoms with Gasteiger partial charge in [0, 0.05) is 32.7 Å². The van der Waals surface area contributed by atoms with Crippen LogP contribution in [0.5, 0.6) is 0 Å². The number of esters is 1. The van der Waals surface area contributed by atoms with Crippen LogP contribution in [-0.2, 0) is 4.74 Å². The first kappa shape index (κ1) is 16.4. The van der Waals surface area contributed by atoms with Crippen molar-refractivity contribution in [1.29, 1.82) is 0 Å². The van der Waals surface area contributed by atoms with Crippen molar-refractivity contribution in [3.05, 3.63) is 27.7 Å². The fraction of sp³-hybridized carbons (Fsp3) is 0.500. The third-order valence-electron chi connectivity index (χ3n) is 3.53. The second-order valence-electron chi connectivity index (χ2n) is 5.14. The van der Waals surface area contributed by atoms with Gasteiger partial charge in [-0.2, -0.15) is 0 Å². The number of hydrogen-bond donors (Lipinski definition) is 1. The average molecular weight is 332 g/mol. The first-order valence-electron chi connectivity index (χ1n) is 6.80. The van der Waals surface area contributed by atoms with Crippen LogP contribution in [0.4, 0.5) is 5.69 Å². The van der Waals surface area contributed by atoms with Gasteiger partial charge in [0.15, 0.2) is 0 Å². The molecule has 2 N–H and O–H groups in total. The van der Waals surface area contributed by atoms with Crippen molar-refractivity contribution in [1.82, 2.24) is 9.80 Å². The highest BCUT2D eigenvalue weighted by atomic mass is 35.5. The van der Waals surface area contributed by atoms with Crippen molar-refractivity contribution in [2.24, 2.45) is 0 Å². The molecule has 1 aliphatic rings. The Morgan fingerprint density at radius 2 is 1.95 bits per heavy atom. The number of anilines is 1. The molecule has 21 heavy (non-hydrogen) atoms. The summed E-state index contributed by atoms with van der Waals surface area (Å²) in [4.78, 5) is 16.5. The number of carbonyl (C=O) groups is 1. The van der Waals surface area contributed by atoms with E-state index in [4.69, 9.17) is 33.7 Å². The molecule has 0 amide bonds. The van der Waals surface area contributed by atoms with Gasteiger partial charge in [0.05, 0.1) is 21.3 Å². The Balaban J connectivity index is 1.82. The molecule has 0 radical (unpaired) electrons. The molecular weight excluding hydrogens is 313 g/mol. The van der Waals surface area contributed by atoms with Crippen LogP contribution in [0.15, 0.2) is 12.1 Å². The largest absolute Gasteiger partial charge is 0.461 e. The molecule has 0 atom stereocenters. The van der Waals surface area contributed by atoms with Crippen molar-refractivity contribution in [2.75, 3.05) is 52.1 Å². The van der Waals surface area contributed by atoms with E-state index in [1.807, 2.05) is 0 Å². The molecule has 2 rings (SSSR count). The minimum atomic E-state index is -0.436. The van der Waals surface area contributed by atoms with Gasteiger partial charge < -0.3 is 15.4 Å². The molecule has 0 spiro atoms. The monoisotopic (exact) mass is 331 g/mol. The number of hydrogen-bond acceptors (Lipinski definition) is 5. The summed E-state index contributed by atoms with van der Waals surface area (Å²) < 4.78 is 5.26. The number of carbonyl (C=O) groups excluding carboxylic acids is 1. The van der Waals surface area contributed by atoms with Gasteiger partial charge in [0.25, 0.3) is 0 Å². The van der Waals surface area contributed by atoms with E-state index in [0.29, 0.717) is 12.2 Å². The van der Waals surface area contributed by atoms with E-state index in [1.165, 1.54) is 12.1 Å². The van der Waals surface area contributed by atoms with Gasteiger partial charge in [-0.15, -0.1) is 0 Å². The average Bonchev–Trinajstić information content (AvgIpc) is 2.46. The van der Waals surface area contributed by atoms with E-state index in [9.17, 15) is 4.79 Å². The number of halogens is 2. The van der Waals surface area contributed by atoms with Crippen LogP contribution in [0.1, 0.15) is 10.4 Å². The number of nitrogen functional groups attached to an aromatic ring is 1. The van der Waals surface area contributed by atoms with Crippen LogP contribution in [-0.4, -0.2) is 62.1 Å². The van der Waals surface area contributed by atoms with E-state index in [0.717, 1.165) is 32.7 Å². The number of benzene rings is 1. The van der Waals surface area contributed by atoms with Crippen molar-refractivity contribution < 1.29 is 9.53 Å². The quantitative estimate of drug-likeness (QED) is 0.675. The third-order valence-corrected chi connectivity index (χ3v) is 4.35. The molecule has 1 aromatic carbocycles. The molecule has 1 heterocycles. The van der Waals surface area contributed by atoms with Crippen LogP contribution in [0, 0.1) is 0 Å². The summed E-state index contributed by atoms with van der Waals surface area (Å²) in [6, 6.07) is 2.95. The van der Waals surface area contributed by atoms with Crippen molar-refractivity contribution in [3.8, 4) is 0 Å². The minimum Gasteiger partial charge on any atom is -0.461 e. The molecule has 1 fully saturated rings. The van der Waals surface area contributed by atoms with Crippen LogP contribution in [0.2, 0.25) is 10.0 Å². The molecule has 0 aromatic heterocycles. The van der Waals surface area contributed by atoms with Crippen LogP contribution in [0.3, 0.4) is 0 Å². The molecule has 0 saturated carbocycles. The number of rotatable bonds is 4. The lowest BCUT2D eigenvalue weighted by molar-refractivity contribution is 0.0432. The maximum atomic E-state index is 11.9. The second-order valence-corrected chi connectivity index (χ2v) is 5.93. The normalized spacial score (nSPS) is 16.9. The van der Waals surface area contributed by atoms with Crippen LogP contribution >= 0.6 is 23.2 Å². The standard InChI is InChI=1S/C14H19Cl2N3O2/c1-18-2-4-19(5-3-18)6-7-21-14(20)10-8-11(15)13(16)12(17)9-10/h8-9H,2-7,17H2,1H3. The number of nitrogens with zero attached hydrogens (tertiary/aromatic N) is 2. The lowest BCUT2D eigenvalue weighted by Gasteiger charge is -2.32. The fourth-order valence-electron chi connectivity index (χ4n) is 2.15. The van der Waals surface area contributed by atoms with Crippen LogP contribution < -0.4 is 5.73 Å². The molecule has 0 bridgehead atoms. The van der Waals surface area contributed by atoms with Crippen molar-refractivity contribution in [3.63, 3.8) is 0 Å². The van der Waals surface area contributed by atoms with E-state index < -0.39 is 5.97 Å². The predicted molar refractivity (Wildman–Crippen MR) is 85.1 cm³/mol. The Morgan fingerprint density at radius 3 is 2.57 bits per heavy atom. The van der Waals surface area contributed by atoms with Gasteiger partial charge in [-0.1, -0.05) is 23.2 Å². The molecule has 1 aliphatic heterocycles. The van der Waals surface area contributed by atoms with Gasteiger partial charge in [0.2, 0.25) is 0 Å². The SMILES string of the molecule is CN1CCN(CCOC(=O)c2cc(N)c(Cl)c(Cl)c2)CC1. The summed E-state index contributed by atoms with van der Waals surface area (Å²) in [6.07, 6.45) is 0. The number of likely N-dealkylation sites (N-methyl/N-ethyl adjacent to an activating group) is 1. The Bertz CT molecular complexity index is 494. The molecule has 5 nitrogen and oxygen atoms in total. The smallest absolute Gasteiger partial charge is 0.338 e. The molecule has 0 aliphatic carbocycles. The lowest BCUT2D eigenvalue weighted by Crippen LogP contribution is -2.45. The molecule has 116 valence electrons. The fourth-order valence-corrected chi connectivity index (χ4v) is 2.49. The van der Waals surface area contributed by atoms with E-state index in [2.05, 4.69) is 16.8 Å². The Hall–Kier alpha value is -1.01. The molecule has 1 saturated heterocycles. The van der Waals surface area contributed by atoms with Crippen molar-refractivity contribution >= 4 is 34.9 Å². The maximum Gasteiger partial charge on any atom is 0.338 e. The zero-order valence-corrected chi connectivity index (χ0v) is 13.5. The first-order chi connectivity index (χ1) is 9.97. The highest BCUT2D eigenvalue weighted by molar-refractivity contribution is 6.43. The molecule has 7 heteroatoms. The Labute approximate surface area is 134 Å². The van der Waals surface area contributed by atoms with Gasteiger partial charge in [-0.05, 0) is 19.2 Å². The van der Waals surface area contributed by atoms with E-state index >= 15 is 0 Å². The van der Waals surface area contributed by atoms with Gasteiger partial charge in [-0.3, -0.25) is 4.90 Å². The molecule has 1 aromatic rings. The van der Waals surface area contributed by atoms with Gasteiger partial charge >= 0.3 is 5.97 Å². The first-order valence-corrected chi connectivity index (χ1v) is 7.55. The Kier molecular flexibility index (Phi) is 5.70. The maximum absolute atomic E-state index is 11.9. The highest BCUT2D eigenvalue weighted by Crippen LogP contribution is 2.29. The zero-order chi connectivity index (χ0) is 15.4. The second kappa shape index (κ2) is 7.31. The summed E-state index contributed by atoms with van der Waals surface area (Å²) in [5, 5.41) is 0.508. The third kappa shape index (κ3) is 4.48. The van der Waals surface area contributed by atoms with Crippen LogP contribution in [0.25, 0.3) is 0 Å². The topological polar surface area (TPSA) is 58.8 Å². The minimum absolute atomic E-state index is 0.252. The highest BCUT2D eigenvalue weighted by Gasteiger charge is 2.15. The van der Waals surface area contributed by atoms with E-state index in [1.54, 1.807) is 0 Å². The lowest BCUT2D eigenvalue weighted by atomic mass is 10.2.